The molecule has 0 amide bonds. The lowest BCUT2D eigenvalue weighted by molar-refractivity contribution is 0.204. The molecule has 23 heavy (non-hydrogen) atoms. The van der Waals surface area contributed by atoms with Gasteiger partial charge in [-0.3, -0.25) is 4.99 Å². The molecule has 0 heterocycles. The summed E-state index contributed by atoms with van der Waals surface area (Å²) in [7, 11) is 1.65. The van der Waals surface area contributed by atoms with Crippen molar-refractivity contribution in [2.75, 3.05) is 26.8 Å². The van der Waals surface area contributed by atoms with Gasteiger partial charge in [0.1, 0.15) is 5.82 Å². The van der Waals surface area contributed by atoms with Crippen LogP contribution in [0, 0.1) is 5.82 Å². The molecule has 6 heteroatoms. The summed E-state index contributed by atoms with van der Waals surface area (Å²) in [5.74, 6) is 0.253. The van der Waals surface area contributed by atoms with E-state index in [1.54, 1.807) is 7.11 Å². The van der Waals surface area contributed by atoms with Crippen LogP contribution in [0.25, 0.3) is 0 Å². The summed E-state index contributed by atoms with van der Waals surface area (Å²) in [6.07, 6.45) is 5.78. The van der Waals surface area contributed by atoms with E-state index in [-0.39, 0.29) is 35.2 Å². The van der Waals surface area contributed by atoms with Crippen molar-refractivity contribution in [1.82, 2.24) is 5.32 Å². The number of nitrogens with two attached hydrogens (primary N) is 1. The summed E-state index contributed by atoms with van der Waals surface area (Å²) in [6.45, 7) is 1.89. The Morgan fingerprint density at radius 1 is 1.26 bits per heavy atom. The molecule has 0 bridgehead atoms. The number of methoxy groups -OCH3 is 1. The lowest BCUT2D eigenvalue weighted by Crippen LogP contribution is -2.38. The van der Waals surface area contributed by atoms with E-state index in [1.807, 2.05) is 12.1 Å². The van der Waals surface area contributed by atoms with Crippen molar-refractivity contribution >= 4 is 29.9 Å². The lowest BCUT2D eigenvalue weighted by Gasteiger charge is -2.36. The van der Waals surface area contributed by atoms with Crippen LogP contribution in [0.4, 0.5) is 4.39 Å². The van der Waals surface area contributed by atoms with Gasteiger partial charge in [-0.25, -0.2) is 4.39 Å². The molecular weight excluding hydrogens is 408 g/mol. The van der Waals surface area contributed by atoms with Crippen molar-refractivity contribution in [1.29, 1.82) is 0 Å². The molecule has 130 valence electrons. The van der Waals surface area contributed by atoms with E-state index in [0.29, 0.717) is 25.7 Å². The first-order valence-corrected chi connectivity index (χ1v) is 7.95. The Bertz CT molecular complexity index is 487. The summed E-state index contributed by atoms with van der Waals surface area (Å²) >= 11 is 0. The van der Waals surface area contributed by atoms with E-state index in [1.165, 1.54) is 37.0 Å². The predicted octanol–water partition coefficient (Wildman–Crippen LogP) is 3.20. The van der Waals surface area contributed by atoms with Crippen molar-refractivity contribution in [2.24, 2.45) is 10.7 Å². The van der Waals surface area contributed by atoms with Crippen molar-refractivity contribution in [2.45, 2.75) is 37.5 Å². The Labute approximate surface area is 155 Å². The fourth-order valence-corrected chi connectivity index (χ4v) is 3.14. The molecule has 0 unspecified atom stereocenters. The average molecular weight is 435 g/mol. The molecule has 1 aliphatic carbocycles. The number of ether oxygens (including phenoxy) is 1. The van der Waals surface area contributed by atoms with Crippen LogP contribution in [0.2, 0.25) is 0 Å². The largest absolute Gasteiger partial charge is 0.383 e. The lowest BCUT2D eigenvalue weighted by atomic mass is 9.69. The maximum atomic E-state index is 13.2. The summed E-state index contributed by atoms with van der Waals surface area (Å²) in [6, 6.07) is 6.86. The van der Waals surface area contributed by atoms with Gasteiger partial charge in [0, 0.05) is 19.1 Å². The number of hydrogen-bond donors (Lipinski definition) is 2. The number of aliphatic imine (C=N–C) groups is 1. The zero-order valence-corrected chi connectivity index (χ0v) is 16.0. The molecule has 1 saturated carbocycles. The van der Waals surface area contributed by atoms with E-state index in [9.17, 15) is 4.39 Å². The highest BCUT2D eigenvalue weighted by Crippen LogP contribution is 2.39. The Morgan fingerprint density at radius 3 is 2.52 bits per heavy atom. The third-order valence-electron chi connectivity index (χ3n) is 4.43. The van der Waals surface area contributed by atoms with Gasteiger partial charge in [0.15, 0.2) is 5.96 Å². The molecule has 0 radical (unpaired) electrons. The molecule has 2 rings (SSSR count). The average Bonchev–Trinajstić information content (AvgIpc) is 2.55. The second kappa shape index (κ2) is 10.1. The first-order valence-electron chi connectivity index (χ1n) is 7.95. The van der Waals surface area contributed by atoms with Gasteiger partial charge in [-0.15, -0.1) is 24.0 Å². The highest BCUT2D eigenvalue weighted by atomic mass is 127. The Hall–Kier alpha value is -0.890. The molecule has 1 aromatic carbocycles. The van der Waals surface area contributed by atoms with Crippen LogP contribution in [-0.2, 0) is 10.2 Å². The summed E-state index contributed by atoms with van der Waals surface area (Å²) in [5.41, 5.74) is 7.07. The molecule has 1 fully saturated rings. The number of rotatable bonds is 6. The van der Waals surface area contributed by atoms with Crippen LogP contribution in [0.15, 0.2) is 29.3 Å². The minimum Gasteiger partial charge on any atom is -0.383 e. The smallest absolute Gasteiger partial charge is 0.188 e. The van der Waals surface area contributed by atoms with Gasteiger partial charge < -0.3 is 15.8 Å². The van der Waals surface area contributed by atoms with E-state index in [2.05, 4.69) is 10.3 Å². The van der Waals surface area contributed by atoms with Crippen LogP contribution in [0.1, 0.15) is 37.7 Å². The van der Waals surface area contributed by atoms with E-state index >= 15 is 0 Å². The van der Waals surface area contributed by atoms with Crippen LogP contribution in [-0.4, -0.2) is 32.8 Å². The number of halogens is 2. The maximum Gasteiger partial charge on any atom is 0.188 e. The summed E-state index contributed by atoms with van der Waals surface area (Å²) < 4.78 is 18.2. The van der Waals surface area contributed by atoms with Crippen molar-refractivity contribution in [3.8, 4) is 0 Å². The van der Waals surface area contributed by atoms with Gasteiger partial charge in [-0.2, -0.15) is 0 Å². The van der Waals surface area contributed by atoms with Crippen LogP contribution < -0.4 is 11.1 Å². The van der Waals surface area contributed by atoms with E-state index in [0.717, 1.165) is 12.8 Å². The fraction of sp³-hybridized carbons (Fsp3) is 0.588. The Kier molecular flexibility index (Phi) is 8.83. The standard InChI is InChI=1S/C17H26FN3O.HI/c1-22-12-11-20-16(19)21-13-17(9-3-2-4-10-17)14-5-7-15(18)8-6-14;/h5-8H,2-4,9-13H2,1H3,(H3,19,20,21);1H. The van der Waals surface area contributed by atoms with Gasteiger partial charge in [-0.05, 0) is 30.5 Å². The predicted molar refractivity (Wildman–Crippen MR) is 103 cm³/mol. The summed E-state index contributed by atoms with van der Waals surface area (Å²) in [5, 5.41) is 3.04. The molecular formula is C17H27FIN3O. The highest BCUT2D eigenvalue weighted by Gasteiger charge is 2.33. The molecule has 0 aliphatic heterocycles. The zero-order valence-electron chi connectivity index (χ0n) is 13.7. The maximum absolute atomic E-state index is 13.2. The third-order valence-corrected chi connectivity index (χ3v) is 4.43. The Balaban J connectivity index is 0.00000264. The first kappa shape index (κ1) is 20.2. The molecule has 0 spiro atoms. The van der Waals surface area contributed by atoms with E-state index in [4.69, 9.17) is 10.5 Å². The zero-order chi connectivity index (χ0) is 15.8. The van der Waals surface area contributed by atoms with Crippen LogP contribution >= 0.6 is 24.0 Å². The second-order valence-corrected chi connectivity index (χ2v) is 5.97. The van der Waals surface area contributed by atoms with Crippen molar-refractivity contribution in [3.05, 3.63) is 35.6 Å². The quantitative estimate of drug-likeness (QED) is 0.312. The second-order valence-electron chi connectivity index (χ2n) is 5.97. The monoisotopic (exact) mass is 435 g/mol. The molecule has 1 aromatic rings. The van der Waals surface area contributed by atoms with Gasteiger partial charge in [0.2, 0.25) is 0 Å². The minimum atomic E-state index is -0.195. The number of hydrogen-bond acceptors (Lipinski definition) is 2. The first-order chi connectivity index (χ1) is 10.7. The normalized spacial score (nSPS) is 17.4. The number of benzene rings is 1. The molecule has 1 aliphatic rings. The molecule has 0 atom stereocenters. The topological polar surface area (TPSA) is 59.6 Å². The van der Waals surface area contributed by atoms with Gasteiger partial charge in [0.25, 0.3) is 0 Å². The molecule has 0 aromatic heterocycles. The molecule has 3 N–H and O–H groups in total. The SMILES string of the molecule is COCCNC(N)=NCC1(c2ccc(F)cc2)CCCCC1.I. The summed E-state index contributed by atoms with van der Waals surface area (Å²) in [4.78, 5) is 4.52. The van der Waals surface area contributed by atoms with Crippen LogP contribution in [0.3, 0.4) is 0 Å². The molecule has 4 nitrogen and oxygen atoms in total. The highest BCUT2D eigenvalue weighted by molar-refractivity contribution is 14.0. The fourth-order valence-electron chi connectivity index (χ4n) is 3.14. The van der Waals surface area contributed by atoms with Gasteiger partial charge in [-0.1, -0.05) is 31.4 Å². The van der Waals surface area contributed by atoms with E-state index < -0.39 is 0 Å². The minimum absolute atomic E-state index is 0. The van der Waals surface area contributed by atoms with Gasteiger partial charge in [0.05, 0.1) is 13.2 Å². The molecule has 0 saturated heterocycles. The van der Waals surface area contributed by atoms with Crippen LogP contribution in [0.5, 0.6) is 0 Å². The number of guanidine groups is 1. The van der Waals surface area contributed by atoms with Crippen molar-refractivity contribution < 1.29 is 9.13 Å². The van der Waals surface area contributed by atoms with Crippen molar-refractivity contribution in [3.63, 3.8) is 0 Å². The van der Waals surface area contributed by atoms with Gasteiger partial charge >= 0.3 is 0 Å². The number of nitrogens with one attached hydrogen (secondary N) is 1. The number of nitrogens with zero attached hydrogens (tertiary/aromatic N) is 1. The third kappa shape index (κ3) is 5.91. The Morgan fingerprint density at radius 2 is 1.91 bits per heavy atom.